The van der Waals surface area contributed by atoms with E-state index in [0.29, 0.717) is 11.7 Å². The molecule has 3 heterocycles. The van der Waals surface area contributed by atoms with Crippen LogP contribution < -0.4 is 5.73 Å². The van der Waals surface area contributed by atoms with Crippen LogP contribution in [-0.2, 0) is 11.3 Å². The maximum atomic E-state index is 5.72. The van der Waals surface area contributed by atoms with E-state index in [-0.39, 0.29) is 0 Å². The summed E-state index contributed by atoms with van der Waals surface area (Å²) in [6, 6.07) is 3.83. The first-order valence-electron chi connectivity index (χ1n) is 6.13. The van der Waals surface area contributed by atoms with Gasteiger partial charge in [-0.25, -0.2) is 9.97 Å². The van der Waals surface area contributed by atoms with Crippen LogP contribution in [0.25, 0.3) is 11.3 Å². The van der Waals surface area contributed by atoms with Crippen LogP contribution in [0.3, 0.4) is 0 Å². The fraction of sp³-hybridized carbons (Fsp3) is 0.385. The number of nitrogens with zero attached hydrogens (tertiary/aromatic N) is 3. The third-order valence-electron chi connectivity index (χ3n) is 3.27. The quantitative estimate of drug-likeness (QED) is 0.889. The number of anilines is 1. The van der Waals surface area contributed by atoms with Gasteiger partial charge in [0.1, 0.15) is 5.82 Å². The molecule has 94 valence electrons. The van der Waals surface area contributed by atoms with Crippen LogP contribution in [0.5, 0.6) is 0 Å². The molecule has 2 aromatic heterocycles. The maximum Gasteiger partial charge on any atom is 0.123 e. The Morgan fingerprint density at radius 3 is 3.22 bits per heavy atom. The van der Waals surface area contributed by atoms with Gasteiger partial charge in [-0.3, -0.25) is 0 Å². The SMILES string of the molecule is Nc1cc(-c2cncn2CC2CCOC2)ccn1. The van der Waals surface area contributed by atoms with Crippen LogP contribution in [0.4, 0.5) is 5.82 Å². The first kappa shape index (κ1) is 11.2. The Balaban J connectivity index is 1.86. The van der Waals surface area contributed by atoms with Crippen molar-refractivity contribution >= 4 is 5.82 Å². The Morgan fingerprint density at radius 2 is 2.44 bits per heavy atom. The van der Waals surface area contributed by atoms with Crippen LogP contribution in [-0.4, -0.2) is 27.7 Å². The number of aromatic nitrogens is 3. The highest BCUT2D eigenvalue weighted by atomic mass is 16.5. The van der Waals surface area contributed by atoms with E-state index in [1.807, 2.05) is 24.7 Å². The Hall–Kier alpha value is -1.88. The Bertz CT molecular complexity index is 531. The van der Waals surface area contributed by atoms with Crippen LogP contribution in [0.2, 0.25) is 0 Å². The fourth-order valence-corrected chi connectivity index (χ4v) is 2.32. The summed E-state index contributed by atoms with van der Waals surface area (Å²) in [5.41, 5.74) is 7.85. The van der Waals surface area contributed by atoms with Crippen molar-refractivity contribution in [2.75, 3.05) is 18.9 Å². The van der Waals surface area contributed by atoms with Crippen LogP contribution in [0, 0.1) is 5.92 Å². The van der Waals surface area contributed by atoms with Crippen LogP contribution in [0.15, 0.2) is 30.9 Å². The van der Waals surface area contributed by atoms with Crippen molar-refractivity contribution < 1.29 is 4.74 Å². The van der Waals surface area contributed by atoms with E-state index in [2.05, 4.69) is 14.5 Å². The number of ether oxygens (including phenoxy) is 1. The van der Waals surface area contributed by atoms with Crippen molar-refractivity contribution in [2.45, 2.75) is 13.0 Å². The number of nitrogen functional groups attached to an aromatic ring is 1. The Kier molecular flexibility index (Phi) is 2.98. The number of nitrogens with two attached hydrogens (primary N) is 1. The summed E-state index contributed by atoms with van der Waals surface area (Å²) in [6.07, 6.45) is 6.58. The lowest BCUT2D eigenvalue weighted by molar-refractivity contribution is 0.182. The van der Waals surface area contributed by atoms with Crippen molar-refractivity contribution in [3.05, 3.63) is 30.9 Å². The number of rotatable bonds is 3. The molecule has 1 saturated heterocycles. The predicted octanol–water partition coefficient (Wildman–Crippen LogP) is 1.56. The average Bonchev–Trinajstić information content (AvgIpc) is 3.01. The first-order chi connectivity index (χ1) is 8.83. The van der Waals surface area contributed by atoms with E-state index >= 15 is 0 Å². The normalized spacial score (nSPS) is 19.2. The molecule has 1 aliphatic rings. The molecule has 0 amide bonds. The van der Waals surface area contributed by atoms with Gasteiger partial charge in [0.15, 0.2) is 0 Å². The molecule has 1 atom stereocenters. The number of imidazole rings is 1. The smallest absolute Gasteiger partial charge is 0.123 e. The first-order valence-corrected chi connectivity index (χ1v) is 6.13. The molecular formula is C13H16N4O. The fourth-order valence-electron chi connectivity index (χ4n) is 2.32. The molecule has 2 N–H and O–H groups in total. The summed E-state index contributed by atoms with van der Waals surface area (Å²) in [5.74, 6) is 1.11. The lowest BCUT2D eigenvalue weighted by atomic mass is 10.1. The minimum atomic E-state index is 0.532. The summed E-state index contributed by atoms with van der Waals surface area (Å²) >= 11 is 0. The molecule has 5 heteroatoms. The highest BCUT2D eigenvalue weighted by Crippen LogP contribution is 2.23. The highest BCUT2D eigenvalue weighted by molar-refractivity contribution is 5.61. The topological polar surface area (TPSA) is 66.0 Å². The third-order valence-corrected chi connectivity index (χ3v) is 3.27. The van der Waals surface area contributed by atoms with Gasteiger partial charge in [0.2, 0.25) is 0 Å². The van der Waals surface area contributed by atoms with Gasteiger partial charge in [-0.1, -0.05) is 0 Å². The van der Waals surface area contributed by atoms with Gasteiger partial charge in [-0.2, -0.15) is 0 Å². The summed E-state index contributed by atoms with van der Waals surface area (Å²) in [5, 5.41) is 0. The summed E-state index contributed by atoms with van der Waals surface area (Å²) < 4.78 is 7.57. The summed E-state index contributed by atoms with van der Waals surface area (Å²) in [7, 11) is 0. The molecule has 0 aliphatic carbocycles. The molecule has 2 aromatic rings. The molecular weight excluding hydrogens is 228 g/mol. The van der Waals surface area contributed by atoms with Crippen molar-refractivity contribution in [1.29, 1.82) is 0 Å². The van der Waals surface area contributed by atoms with Gasteiger partial charge in [-0.15, -0.1) is 0 Å². The van der Waals surface area contributed by atoms with E-state index in [9.17, 15) is 0 Å². The predicted molar refractivity (Wildman–Crippen MR) is 68.8 cm³/mol. The monoisotopic (exact) mass is 244 g/mol. The second kappa shape index (κ2) is 4.78. The maximum absolute atomic E-state index is 5.72. The Labute approximate surface area is 106 Å². The van der Waals surface area contributed by atoms with E-state index in [4.69, 9.17) is 10.5 Å². The minimum Gasteiger partial charge on any atom is -0.384 e. The summed E-state index contributed by atoms with van der Waals surface area (Å²) in [4.78, 5) is 8.24. The third kappa shape index (κ3) is 2.22. The second-order valence-corrected chi connectivity index (χ2v) is 4.63. The van der Waals surface area contributed by atoms with Crippen molar-refractivity contribution in [1.82, 2.24) is 14.5 Å². The van der Waals surface area contributed by atoms with Gasteiger partial charge in [0.05, 0.1) is 24.8 Å². The second-order valence-electron chi connectivity index (χ2n) is 4.63. The lowest BCUT2D eigenvalue weighted by Gasteiger charge is -2.12. The van der Waals surface area contributed by atoms with E-state index in [1.54, 1.807) is 6.20 Å². The minimum absolute atomic E-state index is 0.532. The average molecular weight is 244 g/mol. The van der Waals surface area contributed by atoms with Crippen LogP contribution >= 0.6 is 0 Å². The molecule has 0 radical (unpaired) electrons. The molecule has 18 heavy (non-hydrogen) atoms. The summed E-state index contributed by atoms with van der Waals surface area (Å²) in [6.45, 7) is 2.66. The van der Waals surface area contributed by atoms with Gasteiger partial charge in [-0.05, 0) is 18.6 Å². The standard InChI is InChI=1S/C13H16N4O/c14-13-5-11(1-3-16-13)12-6-15-9-17(12)7-10-2-4-18-8-10/h1,3,5-6,9-10H,2,4,7-8H2,(H2,14,16). The zero-order valence-corrected chi connectivity index (χ0v) is 10.1. The van der Waals surface area contributed by atoms with E-state index < -0.39 is 0 Å². The molecule has 0 bridgehead atoms. The molecule has 0 aromatic carbocycles. The lowest BCUT2D eigenvalue weighted by Crippen LogP contribution is -2.10. The van der Waals surface area contributed by atoms with Gasteiger partial charge < -0.3 is 15.0 Å². The van der Waals surface area contributed by atoms with E-state index in [0.717, 1.165) is 37.4 Å². The Morgan fingerprint density at radius 1 is 1.50 bits per heavy atom. The largest absolute Gasteiger partial charge is 0.384 e. The molecule has 1 unspecified atom stereocenters. The molecule has 1 fully saturated rings. The van der Waals surface area contributed by atoms with Gasteiger partial charge in [0, 0.05) is 30.8 Å². The van der Waals surface area contributed by atoms with Gasteiger partial charge in [0.25, 0.3) is 0 Å². The van der Waals surface area contributed by atoms with Gasteiger partial charge >= 0.3 is 0 Å². The molecule has 3 rings (SSSR count). The number of pyridine rings is 1. The molecule has 5 nitrogen and oxygen atoms in total. The van der Waals surface area contributed by atoms with E-state index in [1.165, 1.54) is 0 Å². The zero-order chi connectivity index (χ0) is 12.4. The molecule has 0 saturated carbocycles. The number of hydrogen-bond donors (Lipinski definition) is 1. The highest BCUT2D eigenvalue weighted by Gasteiger charge is 2.17. The zero-order valence-electron chi connectivity index (χ0n) is 10.1. The van der Waals surface area contributed by atoms with Crippen molar-refractivity contribution in [3.63, 3.8) is 0 Å². The van der Waals surface area contributed by atoms with Crippen molar-refractivity contribution in [2.24, 2.45) is 5.92 Å². The molecule has 1 aliphatic heterocycles. The number of hydrogen-bond acceptors (Lipinski definition) is 4. The van der Waals surface area contributed by atoms with Crippen LogP contribution in [0.1, 0.15) is 6.42 Å². The van der Waals surface area contributed by atoms with Crippen molar-refractivity contribution in [3.8, 4) is 11.3 Å². The molecule has 0 spiro atoms.